The molecule has 2 aromatic rings. The summed E-state index contributed by atoms with van der Waals surface area (Å²) in [6.45, 7) is 6.26. The summed E-state index contributed by atoms with van der Waals surface area (Å²) in [5, 5.41) is 15.5. The Morgan fingerprint density at radius 3 is 2.73 bits per heavy atom. The average Bonchev–Trinajstić information content (AvgIpc) is 2.97. The fourth-order valence-corrected chi connectivity index (χ4v) is 3.66. The monoisotopic (exact) mass is 376 g/mol. The molecule has 0 bridgehead atoms. The van der Waals surface area contributed by atoms with Crippen molar-refractivity contribution in [1.82, 2.24) is 9.88 Å². The minimum atomic E-state index is -0.475. The molecule has 1 N–H and O–H groups in total. The number of ether oxygens (including phenoxy) is 1. The predicted molar refractivity (Wildman–Crippen MR) is 98.7 cm³/mol. The van der Waals surface area contributed by atoms with E-state index in [-0.39, 0.29) is 11.6 Å². The number of carbonyl (C=O) groups excluding carboxylic acids is 1. The highest BCUT2D eigenvalue weighted by molar-refractivity contribution is 7.11. The molecular weight excluding hydrogens is 356 g/mol. The van der Waals surface area contributed by atoms with Crippen LogP contribution < -0.4 is 5.32 Å². The van der Waals surface area contributed by atoms with E-state index in [1.54, 1.807) is 28.4 Å². The number of morpholine rings is 1. The fourth-order valence-electron chi connectivity index (χ4n) is 2.83. The highest BCUT2D eigenvalue weighted by Crippen LogP contribution is 2.27. The number of aromatic nitrogens is 1. The molecule has 26 heavy (non-hydrogen) atoms. The summed E-state index contributed by atoms with van der Waals surface area (Å²) in [5.41, 5.74) is 1.44. The molecule has 0 saturated carbocycles. The topological polar surface area (TPSA) is 97.6 Å². The van der Waals surface area contributed by atoms with Gasteiger partial charge in [-0.15, -0.1) is 11.3 Å². The second-order valence-electron chi connectivity index (χ2n) is 5.98. The first-order valence-electron chi connectivity index (χ1n) is 8.28. The van der Waals surface area contributed by atoms with Gasteiger partial charge in [-0.05, 0) is 26.0 Å². The number of hydrogen-bond acceptors (Lipinski definition) is 7. The number of nitro benzene ring substituents is 1. The van der Waals surface area contributed by atoms with Gasteiger partial charge in [0.25, 0.3) is 11.6 Å². The number of aryl methyl sites for hydroxylation is 2. The molecule has 2 heterocycles. The van der Waals surface area contributed by atoms with Crippen molar-refractivity contribution in [3.8, 4) is 0 Å². The zero-order valence-corrected chi connectivity index (χ0v) is 15.5. The van der Waals surface area contributed by atoms with Crippen LogP contribution in [0.2, 0.25) is 0 Å². The van der Waals surface area contributed by atoms with Crippen LogP contribution in [0.25, 0.3) is 0 Å². The minimum Gasteiger partial charge on any atom is -0.378 e. The first-order chi connectivity index (χ1) is 12.5. The van der Waals surface area contributed by atoms with E-state index in [0.29, 0.717) is 44.1 Å². The van der Waals surface area contributed by atoms with E-state index in [1.165, 1.54) is 6.07 Å². The number of nitrogens with one attached hydrogen (secondary N) is 1. The molecule has 8 nitrogen and oxygen atoms in total. The van der Waals surface area contributed by atoms with Crippen LogP contribution >= 0.6 is 11.3 Å². The van der Waals surface area contributed by atoms with Crippen LogP contribution in [-0.2, 0) is 11.3 Å². The number of benzene rings is 1. The molecular formula is C17H20N4O4S. The van der Waals surface area contributed by atoms with Crippen molar-refractivity contribution in [3.63, 3.8) is 0 Å². The minimum absolute atomic E-state index is 0.117. The van der Waals surface area contributed by atoms with Crippen LogP contribution in [0.15, 0.2) is 18.2 Å². The molecule has 3 rings (SSSR count). The first kappa shape index (κ1) is 18.3. The predicted octanol–water partition coefficient (Wildman–Crippen LogP) is 2.75. The molecule has 138 valence electrons. The number of anilines is 1. The Balaban J connectivity index is 1.79. The fraction of sp³-hybridized carbons (Fsp3) is 0.412. The smallest absolute Gasteiger partial charge is 0.293 e. The van der Waals surface area contributed by atoms with Crippen LogP contribution in [0.1, 0.15) is 25.9 Å². The molecule has 0 atom stereocenters. The molecule has 0 spiro atoms. The van der Waals surface area contributed by atoms with Crippen molar-refractivity contribution in [2.75, 3.05) is 31.6 Å². The van der Waals surface area contributed by atoms with Crippen molar-refractivity contribution >= 4 is 28.6 Å². The van der Waals surface area contributed by atoms with Gasteiger partial charge in [-0.2, -0.15) is 0 Å². The number of amides is 1. The van der Waals surface area contributed by atoms with Gasteiger partial charge in [0.05, 0.1) is 35.4 Å². The molecule has 1 saturated heterocycles. The molecule has 9 heteroatoms. The maximum Gasteiger partial charge on any atom is 0.293 e. The largest absolute Gasteiger partial charge is 0.378 e. The van der Waals surface area contributed by atoms with Gasteiger partial charge in [0, 0.05) is 29.6 Å². The standard InChI is InChI=1S/C17H20N4O4S/c1-11-15(19-12(2)26-11)10-18-14-4-3-13(9-16(14)21(23)24)17(22)20-5-7-25-8-6-20/h3-4,9,18H,5-8,10H2,1-2H3. The van der Waals surface area contributed by atoms with Crippen molar-refractivity contribution in [3.05, 3.63) is 49.5 Å². The molecule has 1 aliphatic heterocycles. The van der Waals surface area contributed by atoms with Crippen molar-refractivity contribution in [2.45, 2.75) is 20.4 Å². The lowest BCUT2D eigenvalue weighted by molar-refractivity contribution is -0.384. The number of hydrogen-bond donors (Lipinski definition) is 1. The van der Waals surface area contributed by atoms with Gasteiger partial charge in [0.1, 0.15) is 5.69 Å². The van der Waals surface area contributed by atoms with Gasteiger partial charge in [-0.1, -0.05) is 0 Å². The summed E-state index contributed by atoms with van der Waals surface area (Å²) >= 11 is 1.59. The van der Waals surface area contributed by atoms with E-state index >= 15 is 0 Å². The number of thiazole rings is 1. The number of nitro groups is 1. The highest BCUT2D eigenvalue weighted by atomic mass is 32.1. The summed E-state index contributed by atoms with van der Waals surface area (Å²) in [7, 11) is 0. The number of nitrogens with zero attached hydrogens (tertiary/aromatic N) is 3. The van der Waals surface area contributed by atoms with E-state index in [0.717, 1.165) is 15.6 Å². The SMILES string of the molecule is Cc1nc(CNc2ccc(C(=O)N3CCOCC3)cc2[N+](=O)[O-])c(C)s1. The summed E-state index contributed by atoms with van der Waals surface area (Å²) in [5.74, 6) is -0.214. The lowest BCUT2D eigenvalue weighted by atomic mass is 10.1. The van der Waals surface area contributed by atoms with Crippen molar-refractivity contribution in [1.29, 1.82) is 0 Å². The van der Waals surface area contributed by atoms with Gasteiger partial charge < -0.3 is 15.0 Å². The van der Waals surface area contributed by atoms with Crippen LogP contribution in [0.3, 0.4) is 0 Å². The van der Waals surface area contributed by atoms with Gasteiger partial charge >= 0.3 is 0 Å². The quantitative estimate of drug-likeness (QED) is 0.636. The third kappa shape index (κ3) is 4.00. The Hall–Kier alpha value is -2.52. The zero-order valence-electron chi connectivity index (χ0n) is 14.7. The maximum absolute atomic E-state index is 12.5. The van der Waals surface area contributed by atoms with Crippen LogP contribution in [-0.4, -0.2) is 47.0 Å². The van der Waals surface area contributed by atoms with E-state index in [1.807, 2.05) is 13.8 Å². The van der Waals surface area contributed by atoms with E-state index in [2.05, 4.69) is 10.3 Å². The summed E-state index contributed by atoms with van der Waals surface area (Å²) in [6, 6.07) is 4.53. The first-order valence-corrected chi connectivity index (χ1v) is 9.09. The van der Waals surface area contributed by atoms with Gasteiger partial charge in [-0.3, -0.25) is 14.9 Å². The molecule has 1 amide bonds. The van der Waals surface area contributed by atoms with Crippen LogP contribution in [0.4, 0.5) is 11.4 Å². The second-order valence-corrected chi connectivity index (χ2v) is 7.39. The van der Waals surface area contributed by atoms with Crippen molar-refractivity contribution < 1.29 is 14.5 Å². The molecule has 1 aliphatic rings. The summed E-state index contributed by atoms with van der Waals surface area (Å²) < 4.78 is 5.23. The highest BCUT2D eigenvalue weighted by Gasteiger charge is 2.22. The Labute approximate surface area is 154 Å². The normalized spacial score (nSPS) is 14.3. The summed E-state index contributed by atoms with van der Waals surface area (Å²) in [6.07, 6.45) is 0. The lowest BCUT2D eigenvalue weighted by Crippen LogP contribution is -2.40. The van der Waals surface area contributed by atoms with Gasteiger partial charge in [0.2, 0.25) is 0 Å². The Morgan fingerprint density at radius 2 is 2.12 bits per heavy atom. The maximum atomic E-state index is 12.5. The Bertz CT molecular complexity index is 830. The number of rotatable bonds is 5. The third-order valence-electron chi connectivity index (χ3n) is 4.19. The van der Waals surface area contributed by atoms with E-state index < -0.39 is 4.92 Å². The number of carbonyl (C=O) groups is 1. The van der Waals surface area contributed by atoms with Crippen LogP contribution in [0, 0.1) is 24.0 Å². The second kappa shape index (κ2) is 7.79. The molecule has 1 fully saturated rings. The molecule has 1 aromatic carbocycles. The van der Waals surface area contributed by atoms with Gasteiger partial charge in [-0.25, -0.2) is 4.98 Å². The Morgan fingerprint density at radius 1 is 1.38 bits per heavy atom. The molecule has 1 aromatic heterocycles. The van der Waals surface area contributed by atoms with Gasteiger partial charge in [0.15, 0.2) is 0 Å². The third-order valence-corrected chi connectivity index (χ3v) is 5.11. The van der Waals surface area contributed by atoms with E-state index in [4.69, 9.17) is 4.74 Å². The molecule has 0 radical (unpaired) electrons. The van der Waals surface area contributed by atoms with Crippen molar-refractivity contribution in [2.24, 2.45) is 0 Å². The zero-order chi connectivity index (χ0) is 18.7. The summed E-state index contributed by atoms with van der Waals surface area (Å²) in [4.78, 5) is 30.7. The lowest BCUT2D eigenvalue weighted by Gasteiger charge is -2.26. The molecule has 0 aliphatic carbocycles. The Kier molecular flexibility index (Phi) is 5.48. The van der Waals surface area contributed by atoms with E-state index in [9.17, 15) is 14.9 Å². The average molecular weight is 376 g/mol. The molecule has 0 unspecified atom stereocenters. The van der Waals surface area contributed by atoms with Crippen LogP contribution in [0.5, 0.6) is 0 Å².